The fourth-order valence-electron chi connectivity index (χ4n) is 3.25. The van der Waals surface area contributed by atoms with Crippen molar-refractivity contribution in [2.75, 3.05) is 0 Å². The molecule has 0 bridgehead atoms. The third kappa shape index (κ3) is 4.99. The van der Waals surface area contributed by atoms with Crippen molar-refractivity contribution in [3.05, 3.63) is 35.4 Å². The molecule has 1 aromatic carbocycles. The third-order valence-corrected chi connectivity index (χ3v) is 4.48. The van der Waals surface area contributed by atoms with Gasteiger partial charge in [-0.15, -0.1) is 0 Å². The monoisotopic (exact) mass is 260 g/mol. The van der Waals surface area contributed by atoms with Crippen molar-refractivity contribution < 1.29 is 5.11 Å². The Morgan fingerprint density at radius 1 is 1.00 bits per heavy atom. The molecule has 1 heteroatoms. The molecule has 1 unspecified atom stereocenters. The van der Waals surface area contributed by atoms with Crippen LogP contribution in [-0.4, -0.2) is 11.2 Å². The molecule has 0 aromatic heterocycles. The maximum absolute atomic E-state index is 10.3. The quantitative estimate of drug-likeness (QED) is 0.772. The van der Waals surface area contributed by atoms with E-state index in [0.29, 0.717) is 0 Å². The van der Waals surface area contributed by atoms with Crippen molar-refractivity contribution in [2.45, 2.75) is 70.8 Å². The highest BCUT2D eigenvalue weighted by atomic mass is 16.3. The summed E-state index contributed by atoms with van der Waals surface area (Å²) in [5, 5.41) is 10.3. The molecular weight excluding hydrogens is 232 g/mol. The van der Waals surface area contributed by atoms with Crippen LogP contribution in [0.1, 0.15) is 63.0 Å². The van der Waals surface area contributed by atoms with Crippen molar-refractivity contribution in [1.82, 2.24) is 0 Å². The second kappa shape index (κ2) is 7.69. The summed E-state index contributed by atoms with van der Waals surface area (Å²) in [5.74, 6) is 0.757. The van der Waals surface area contributed by atoms with E-state index >= 15 is 0 Å². The highest BCUT2D eigenvalue weighted by Crippen LogP contribution is 2.27. The number of hydrogen-bond donors (Lipinski definition) is 1. The normalized spacial score (nSPS) is 19.1. The van der Waals surface area contributed by atoms with Crippen LogP contribution in [0.5, 0.6) is 0 Å². The van der Waals surface area contributed by atoms with Crippen LogP contribution in [0.3, 0.4) is 0 Å². The number of aliphatic hydroxyl groups is 1. The molecule has 0 heterocycles. The molecule has 0 spiro atoms. The van der Waals surface area contributed by atoms with Crippen LogP contribution in [0.2, 0.25) is 0 Å². The zero-order valence-corrected chi connectivity index (χ0v) is 12.3. The third-order valence-electron chi connectivity index (χ3n) is 4.48. The van der Waals surface area contributed by atoms with E-state index in [1.54, 1.807) is 0 Å². The fourth-order valence-corrected chi connectivity index (χ4v) is 3.25. The Labute approximate surface area is 118 Å². The van der Waals surface area contributed by atoms with E-state index in [-0.39, 0.29) is 6.10 Å². The molecule has 0 amide bonds. The first kappa shape index (κ1) is 14.6. The molecule has 1 fully saturated rings. The van der Waals surface area contributed by atoms with Crippen LogP contribution >= 0.6 is 0 Å². The maximum atomic E-state index is 10.3. The first-order chi connectivity index (χ1) is 9.28. The molecule has 1 saturated carbocycles. The van der Waals surface area contributed by atoms with Gasteiger partial charge in [-0.3, -0.25) is 0 Å². The summed E-state index contributed by atoms with van der Waals surface area (Å²) in [6.45, 7) is 2.18. The predicted molar refractivity (Wildman–Crippen MR) is 81.3 cm³/mol. The Bertz CT molecular complexity index is 346. The van der Waals surface area contributed by atoms with Gasteiger partial charge in [-0.1, -0.05) is 69.7 Å². The second-order valence-electron chi connectivity index (χ2n) is 6.12. The number of hydrogen-bond acceptors (Lipinski definition) is 1. The summed E-state index contributed by atoms with van der Waals surface area (Å²) in [6, 6.07) is 8.73. The standard InChI is InChI=1S/C18H28O/c1-2-15-9-11-17(12-10-15)14-18(19)13-16-7-5-3-4-6-8-16/h9-12,16,18-19H,2-8,13-14H2,1H3. The van der Waals surface area contributed by atoms with Gasteiger partial charge in [0.05, 0.1) is 6.10 Å². The van der Waals surface area contributed by atoms with Crippen molar-refractivity contribution in [3.8, 4) is 0 Å². The van der Waals surface area contributed by atoms with Gasteiger partial charge in [0.2, 0.25) is 0 Å². The molecule has 0 radical (unpaired) electrons. The van der Waals surface area contributed by atoms with Crippen LogP contribution in [-0.2, 0) is 12.8 Å². The van der Waals surface area contributed by atoms with Gasteiger partial charge in [-0.2, -0.15) is 0 Å². The van der Waals surface area contributed by atoms with E-state index in [9.17, 15) is 5.11 Å². The van der Waals surface area contributed by atoms with Gasteiger partial charge in [-0.25, -0.2) is 0 Å². The molecule has 0 saturated heterocycles. The number of rotatable bonds is 5. The molecule has 1 nitrogen and oxygen atoms in total. The first-order valence-corrected chi connectivity index (χ1v) is 8.04. The summed E-state index contributed by atoms with van der Waals surface area (Å²) in [6.07, 6.45) is 10.9. The minimum Gasteiger partial charge on any atom is -0.393 e. The van der Waals surface area contributed by atoms with Gasteiger partial charge in [-0.05, 0) is 36.3 Å². The highest BCUT2D eigenvalue weighted by molar-refractivity contribution is 5.22. The number of aryl methyl sites for hydroxylation is 1. The zero-order chi connectivity index (χ0) is 13.5. The van der Waals surface area contributed by atoms with Gasteiger partial charge >= 0.3 is 0 Å². The van der Waals surface area contributed by atoms with Crippen LogP contribution in [0.15, 0.2) is 24.3 Å². The lowest BCUT2D eigenvalue weighted by Gasteiger charge is -2.18. The Morgan fingerprint density at radius 3 is 2.16 bits per heavy atom. The fraction of sp³-hybridized carbons (Fsp3) is 0.667. The van der Waals surface area contributed by atoms with Gasteiger partial charge < -0.3 is 5.11 Å². The lowest BCUT2D eigenvalue weighted by Crippen LogP contribution is -2.16. The van der Waals surface area contributed by atoms with Crippen LogP contribution in [0.4, 0.5) is 0 Å². The molecule has 0 aliphatic heterocycles. The smallest absolute Gasteiger partial charge is 0.0583 e. The zero-order valence-electron chi connectivity index (χ0n) is 12.3. The van der Waals surface area contributed by atoms with Crippen molar-refractivity contribution in [1.29, 1.82) is 0 Å². The van der Waals surface area contributed by atoms with Crippen LogP contribution in [0, 0.1) is 5.92 Å². The summed E-state index contributed by atoms with van der Waals surface area (Å²) in [5.41, 5.74) is 2.65. The number of aliphatic hydroxyl groups excluding tert-OH is 1. The summed E-state index contributed by atoms with van der Waals surface area (Å²) >= 11 is 0. The topological polar surface area (TPSA) is 20.2 Å². The Morgan fingerprint density at radius 2 is 1.58 bits per heavy atom. The van der Waals surface area contributed by atoms with E-state index in [4.69, 9.17) is 0 Å². The molecular formula is C18H28O. The van der Waals surface area contributed by atoms with E-state index < -0.39 is 0 Å². The minimum absolute atomic E-state index is 0.157. The predicted octanol–water partition coefficient (Wildman–Crippen LogP) is 4.51. The molecule has 19 heavy (non-hydrogen) atoms. The molecule has 1 aromatic rings. The lowest BCUT2D eigenvalue weighted by atomic mass is 9.91. The summed E-state index contributed by atoms with van der Waals surface area (Å²) in [4.78, 5) is 0. The van der Waals surface area contributed by atoms with E-state index in [2.05, 4.69) is 31.2 Å². The molecule has 2 rings (SSSR count). The van der Waals surface area contributed by atoms with Crippen molar-refractivity contribution in [3.63, 3.8) is 0 Å². The molecule has 1 N–H and O–H groups in total. The average molecular weight is 260 g/mol. The Balaban J connectivity index is 1.80. The van der Waals surface area contributed by atoms with Crippen molar-refractivity contribution >= 4 is 0 Å². The van der Waals surface area contributed by atoms with E-state index in [1.165, 1.54) is 49.7 Å². The van der Waals surface area contributed by atoms with Gasteiger partial charge in [0.15, 0.2) is 0 Å². The molecule has 106 valence electrons. The van der Waals surface area contributed by atoms with Gasteiger partial charge in [0, 0.05) is 0 Å². The number of benzene rings is 1. The largest absolute Gasteiger partial charge is 0.393 e. The molecule has 1 aliphatic carbocycles. The van der Waals surface area contributed by atoms with E-state index in [0.717, 1.165) is 25.2 Å². The Kier molecular flexibility index (Phi) is 5.91. The van der Waals surface area contributed by atoms with Crippen molar-refractivity contribution in [2.24, 2.45) is 5.92 Å². The first-order valence-electron chi connectivity index (χ1n) is 8.04. The van der Waals surface area contributed by atoms with Gasteiger partial charge in [0.1, 0.15) is 0 Å². The summed E-state index contributed by atoms with van der Waals surface area (Å²) in [7, 11) is 0. The van der Waals surface area contributed by atoms with Crippen LogP contribution in [0.25, 0.3) is 0 Å². The summed E-state index contributed by atoms with van der Waals surface area (Å²) < 4.78 is 0. The SMILES string of the molecule is CCc1ccc(CC(O)CC2CCCCCC2)cc1. The second-order valence-corrected chi connectivity index (χ2v) is 6.12. The molecule has 1 aliphatic rings. The molecule has 1 atom stereocenters. The van der Waals surface area contributed by atoms with Gasteiger partial charge in [0.25, 0.3) is 0 Å². The highest BCUT2D eigenvalue weighted by Gasteiger charge is 2.16. The minimum atomic E-state index is -0.157. The maximum Gasteiger partial charge on any atom is 0.0583 e. The van der Waals surface area contributed by atoms with E-state index in [1.807, 2.05) is 0 Å². The lowest BCUT2D eigenvalue weighted by molar-refractivity contribution is 0.137. The average Bonchev–Trinajstić information content (AvgIpc) is 2.68. The Hall–Kier alpha value is -0.820. The van der Waals surface area contributed by atoms with Crippen LogP contribution < -0.4 is 0 Å².